The van der Waals surface area contributed by atoms with Gasteiger partial charge in [-0.2, -0.15) is 0 Å². The van der Waals surface area contributed by atoms with Crippen LogP contribution in [0.4, 0.5) is 15.8 Å². The van der Waals surface area contributed by atoms with Gasteiger partial charge in [-0.05, 0) is 24.3 Å². The molecule has 1 heterocycles. The molecule has 0 atom stereocenters. The monoisotopic (exact) mass is 265 g/mol. The number of benzene rings is 1. The minimum absolute atomic E-state index is 0.0365. The van der Waals surface area contributed by atoms with Gasteiger partial charge in [0, 0.05) is 16.9 Å². The fourth-order valence-electron chi connectivity index (χ4n) is 1.39. The van der Waals surface area contributed by atoms with Crippen LogP contribution in [-0.2, 0) is 0 Å². The number of pyridine rings is 1. The van der Waals surface area contributed by atoms with Crippen LogP contribution >= 0.6 is 11.6 Å². The van der Waals surface area contributed by atoms with Crippen molar-refractivity contribution in [3.05, 3.63) is 53.1 Å². The average Bonchev–Trinajstić information content (AvgIpc) is 2.35. The predicted octanol–water partition coefficient (Wildman–Crippen LogP) is 2.71. The molecule has 3 N–H and O–H groups in total. The van der Waals surface area contributed by atoms with Crippen molar-refractivity contribution in [2.45, 2.75) is 0 Å². The summed E-state index contributed by atoms with van der Waals surface area (Å²) in [5, 5.41) is 2.78. The van der Waals surface area contributed by atoms with Gasteiger partial charge in [0.15, 0.2) is 5.82 Å². The van der Waals surface area contributed by atoms with Crippen molar-refractivity contribution in [1.82, 2.24) is 4.98 Å². The lowest BCUT2D eigenvalue weighted by molar-refractivity contribution is 0.102. The third-order valence-corrected chi connectivity index (χ3v) is 2.52. The van der Waals surface area contributed by atoms with E-state index in [0.717, 1.165) is 6.20 Å². The van der Waals surface area contributed by atoms with Crippen molar-refractivity contribution >= 4 is 28.9 Å². The van der Waals surface area contributed by atoms with E-state index in [1.165, 1.54) is 24.4 Å². The number of carbonyl (C=O) groups excluding carboxylic acids is 1. The molecule has 2 aromatic rings. The molecule has 6 heteroatoms. The lowest BCUT2D eigenvalue weighted by Crippen LogP contribution is -2.15. The Labute approximate surface area is 108 Å². The Morgan fingerprint density at radius 3 is 2.89 bits per heavy atom. The van der Waals surface area contributed by atoms with Gasteiger partial charge in [0.05, 0.1) is 17.4 Å². The first-order valence-electron chi connectivity index (χ1n) is 5.04. The van der Waals surface area contributed by atoms with Gasteiger partial charge in [-0.25, -0.2) is 4.39 Å². The SMILES string of the molecule is Nc1ccc(Cl)cc1C(=O)Nc1ccncc1F. The van der Waals surface area contributed by atoms with Gasteiger partial charge in [0.25, 0.3) is 5.91 Å². The van der Waals surface area contributed by atoms with Gasteiger partial charge in [-0.15, -0.1) is 0 Å². The van der Waals surface area contributed by atoms with E-state index in [1.54, 1.807) is 6.07 Å². The molecule has 4 nitrogen and oxygen atoms in total. The van der Waals surface area contributed by atoms with Crippen molar-refractivity contribution in [3.8, 4) is 0 Å². The maximum absolute atomic E-state index is 13.3. The van der Waals surface area contributed by atoms with Crippen molar-refractivity contribution in [1.29, 1.82) is 0 Å². The van der Waals surface area contributed by atoms with Crippen LogP contribution in [0.15, 0.2) is 36.7 Å². The second-order valence-corrected chi connectivity index (χ2v) is 3.98. The minimum atomic E-state index is -0.619. The van der Waals surface area contributed by atoms with Crippen LogP contribution in [0.3, 0.4) is 0 Å². The molecule has 92 valence electrons. The van der Waals surface area contributed by atoms with Gasteiger partial charge in [-0.1, -0.05) is 11.6 Å². The van der Waals surface area contributed by atoms with Crippen LogP contribution in [0.1, 0.15) is 10.4 Å². The fourth-order valence-corrected chi connectivity index (χ4v) is 1.56. The van der Waals surface area contributed by atoms with Crippen molar-refractivity contribution < 1.29 is 9.18 Å². The number of nitrogens with two attached hydrogens (primary N) is 1. The summed E-state index contributed by atoms with van der Waals surface area (Å²) >= 11 is 5.78. The number of anilines is 2. The summed E-state index contributed by atoms with van der Waals surface area (Å²) < 4.78 is 13.3. The zero-order chi connectivity index (χ0) is 13.1. The Morgan fingerprint density at radius 1 is 1.39 bits per heavy atom. The summed E-state index contributed by atoms with van der Waals surface area (Å²) in [6.07, 6.45) is 2.39. The highest BCUT2D eigenvalue weighted by molar-refractivity contribution is 6.31. The van der Waals surface area contributed by atoms with E-state index in [0.29, 0.717) is 5.02 Å². The molecule has 0 aliphatic rings. The zero-order valence-electron chi connectivity index (χ0n) is 9.15. The third kappa shape index (κ3) is 2.57. The molecular weight excluding hydrogens is 257 g/mol. The molecule has 0 unspecified atom stereocenters. The third-order valence-electron chi connectivity index (χ3n) is 2.28. The van der Waals surface area contributed by atoms with Crippen LogP contribution in [0.2, 0.25) is 5.02 Å². The minimum Gasteiger partial charge on any atom is -0.398 e. The summed E-state index contributed by atoms with van der Waals surface area (Å²) in [4.78, 5) is 15.5. The molecule has 18 heavy (non-hydrogen) atoms. The van der Waals surface area contributed by atoms with Crippen LogP contribution in [0, 0.1) is 5.82 Å². The number of hydrogen-bond acceptors (Lipinski definition) is 3. The smallest absolute Gasteiger partial charge is 0.257 e. The molecule has 0 aliphatic carbocycles. The normalized spacial score (nSPS) is 10.1. The number of hydrogen-bond donors (Lipinski definition) is 2. The lowest BCUT2D eigenvalue weighted by atomic mass is 10.1. The highest BCUT2D eigenvalue weighted by Crippen LogP contribution is 2.20. The van der Waals surface area contributed by atoms with Gasteiger partial charge in [0.2, 0.25) is 0 Å². The second-order valence-electron chi connectivity index (χ2n) is 3.54. The molecule has 0 aliphatic heterocycles. The second kappa shape index (κ2) is 5.01. The van der Waals surface area contributed by atoms with Crippen LogP contribution in [-0.4, -0.2) is 10.9 Å². The zero-order valence-corrected chi connectivity index (χ0v) is 9.91. The molecule has 0 saturated heterocycles. The maximum atomic E-state index is 13.3. The maximum Gasteiger partial charge on any atom is 0.257 e. The highest BCUT2D eigenvalue weighted by atomic mass is 35.5. The van der Waals surface area contributed by atoms with Gasteiger partial charge < -0.3 is 11.1 Å². The Bertz CT molecular complexity index is 604. The fraction of sp³-hybridized carbons (Fsp3) is 0. The molecule has 1 aromatic heterocycles. The Morgan fingerprint density at radius 2 is 2.17 bits per heavy atom. The summed E-state index contributed by atoms with van der Waals surface area (Å²) in [6, 6.07) is 5.86. The van der Waals surface area contributed by atoms with E-state index in [1.807, 2.05) is 0 Å². The molecule has 0 spiro atoms. The molecular formula is C12H9ClFN3O. The molecule has 1 aromatic carbocycles. The molecule has 0 saturated carbocycles. The quantitative estimate of drug-likeness (QED) is 0.821. The Hall–Kier alpha value is -2.14. The largest absolute Gasteiger partial charge is 0.398 e. The number of halogens is 2. The van der Waals surface area contributed by atoms with Gasteiger partial charge >= 0.3 is 0 Å². The number of nitrogens with one attached hydrogen (secondary N) is 1. The highest BCUT2D eigenvalue weighted by Gasteiger charge is 2.12. The van der Waals surface area contributed by atoms with Crippen LogP contribution in [0.5, 0.6) is 0 Å². The summed E-state index contributed by atoms with van der Waals surface area (Å²) in [6.45, 7) is 0. The van der Waals surface area contributed by atoms with E-state index in [2.05, 4.69) is 10.3 Å². The van der Waals surface area contributed by atoms with E-state index in [4.69, 9.17) is 17.3 Å². The van der Waals surface area contributed by atoms with E-state index in [-0.39, 0.29) is 16.9 Å². The Balaban J connectivity index is 2.28. The first-order chi connectivity index (χ1) is 8.58. The van der Waals surface area contributed by atoms with Crippen LogP contribution in [0.25, 0.3) is 0 Å². The number of amides is 1. The molecule has 0 bridgehead atoms. The van der Waals surface area contributed by atoms with E-state index >= 15 is 0 Å². The number of rotatable bonds is 2. The molecule has 0 radical (unpaired) electrons. The summed E-state index contributed by atoms with van der Waals surface area (Å²) in [5.41, 5.74) is 6.16. The van der Waals surface area contributed by atoms with Crippen molar-refractivity contribution in [2.75, 3.05) is 11.1 Å². The first-order valence-corrected chi connectivity index (χ1v) is 5.41. The number of nitrogen functional groups attached to an aromatic ring is 1. The van der Waals surface area contributed by atoms with Crippen LogP contribution < -0.4 is 11.1 Å². The first kappa shape index (κ1) is 12.3. The summed E-state index contributed by atoms with van der Waals surface area (Å²) in [7, 11) is 0. The molecule has 2 rings (SSSR count). The molecule has 0 fully saturated rings. The number of aromatic nitrogens is 1. The predicted molar refractivity (Wildman–Crippen MR) is 68.0 cm³/mol. The Kier molecular flexibility index (Phi) is 3.43. The van der Waals surface area contributed by atoms with E-state index in [9.17, 15) is 9.18 Å². The lowest BCUT2D eigenvalue weighted by Gasteiger charge is -2.08. The van der Waals surface area contributed by atoms with Crippen molar-refractivity contribution in [3.63, 3.8) is 0 Å². The average molecular weight is 266 g/mol. The van der Waals surface area contributed by atoms with E-state index < -0.39 is 11.7 Å². The van der Waals surface area contributed by atoms with Crippen molar-refractivity contribution in [2.24, 2.45) is 0 Å². The number of carbonyl (C=O) groups is 1. The summed E-state index contributed by atoms with van der Waals surface area (Å²) in [5.74, 6) is -1.15. The van der Waals surface area contributed by atoms with Gasteiger partial charge in [0.1, 0.15) is 0 Å². The van der Waals surface area contributed by atoms with Gasteiger partial charge in [-0.3, -0.25) is 9.78 Å². The molecule has 1 amide bonds. The number of nitrogens with zero attached hydrogens (tertiary/aromatic N) is 1. The topological polar surface area (TPSA) is 68.0 Å². The standard InChI is InChI=1S/C12H9ClFN3O/c13-7-1-2-10(15)8(5-7)12(18)17-11-3-4-16-6-9(11)14/h1-6H,15H2,(H,16,17,18).